The Kier molecular flexibility index (Phi) is 4.12. The van der Waals surface area contributed by atoms with Crippen LogP contribution in [0.2, 0.25) is 0 Å². The molecule has 2 rings (SSSR count). The SMILES string of the molecule is Cc1ccccc1CNCc1ccsc1C(=O)O. The smallest absolute Gasteiger partial charge is 0.346 e. The highest BCUT2D eigenvalue weighted by Gasteiger charge is 2.10. The predicted octanol–water partition coefficient (Wildman–Crippen LogP) is 3.04. The molecule has 0 bridgehead atoms. The largest absolute Gasteiger partial charge is 0.477 e. The Morgan fingerprint density at radius 2 is 1.94 bits per heavy atom. The van der Waals surface area contributed by atoms with E-state index in [1.807, 2.05) is 23.6 Å². The van der Waals surface area contributed by atoms with Crippen molar-refractivity contribution in [3.8, 4) is 0 Å². The van der Waals surface area contributed by atoms with Crippen LogP contribution in [0.25, 0.3) is 0 Å². The van der Waals surface area contributed by atoms with Gasteiger partial charge in [0.15, 0.2) is 0 Å². The summed E-state index contributed by atoms with van der Waals surface area (Å²) in [7, 11) is 0. The predicted molar refractivity (Wildman–Crippen MR) is 73.0 cm³/mol. The maximum absolute atomic E-state index is 11.0. The maximum atomic E-state index is 11.0. The Morgan fingerprint density at radius 1 is 1.22 bits per heavy atom. The quantitative estimate of drug-likeness (QED) is 0.869. The lowest BCUT2D eigenvalue weighted by atomic mass is 10.1. The van der Waals surface area contributed by atoms with Crippen molar-refractivity contribution in [1.29, 1.82) is 0 Å². The average Bonchev–Trinajstić information content (AvgIpc) is 2.80. The van der Waals surface area contributed by atoms with Gasteiger partial charge in [-0.2, -0.15) is 0 Å². The van der Waals surface area contributed by atoms with Gasteiger partial charge in [-0.3, -0.25) is 0 Å². The van der Waals surface area contributed by atoms with Crippen molar-refractivity contribution < 1.29 is 9.90 Å². The Balaban J connectivity index is 1.95. The number of thiophene rings is 1. The molecule has 0 fully saturated rings. The Labute approximate surface area is 110 Å². The van der Waals surface area contributed by atoms with Gasteiger partial charge >= 0.3 is 5.97 Å². The topological polar surface area (TPSA) is 49.3 Å². The number of aryl methyl sites for hydroxylation is 1. The fraction of sp³-hybridized carbons (Fsp3) is 0.214. The van der Waals surface area contributed by atoms with Crippen LogP contribution in [-0.4, -0.2) is 11.1 Å². The number of carbonyl (C=O) groups is 1. The van der Waals surface area contributed by atoms with E-state index in [0.717, 1.165) is 12.1 Å². The van der Waals surface area contributed by atoms with Crippen LogP contribution < -0.4 is 5.32 Å². The summed E-state index contributed by atoms with van der Waals surface area (Å²) in [6, 6.07) is 10.0. The van der Waals surface area contributed by atoms with Gasteiger partial charge in [-0.15, -0.1) is 11.3 Å². The van der Waals surface area contributed by atoms with Crippen LogP contribution in [0.3, 0.4) is 0 Å². The monoisotopic (exact) mass is 261 g/mol. The number of carboxylic acids is 1. The number of nitrogens with one attached hydrogen (secondary N) is 1. The molecule has 0 radical (unpaired) electrons. The second-order valence-corrected chi connectivity index (χ2v) is 5.03. The van der Waals surface area contributed by atoms with E-state index in [-0.39, 0.29) is 0 Å². The van der Waals surface area contributed by atoms with Crippen LogP contribution in [0, 0.1) is 6.92 Å². The molecule has 0 spiro atoms. The molecule has 1 aromatic carbocycles. The van der Waals surface area contributed by atoms with Gasteiger partial charge in [0, 0.05) is 13.1 Å². The number of benzene rings is 1. The second kappa shape index (κ2) is 5.80. The molecule has 0 amide bonds. The standard InChI is InChI=1S/C14H15NO2S/c1-10-4-2-3-5-11(10)8-15-9-12-6-7-18-13(12)14(16)17/h2-7,15H,8-9H2,1H3,(H,16,17). The van der Waals surface area contributed by atoms with Gasteiger partial charge in [0.2, 0.25) is 0 Å². The molecular formula is C14H15NO2S. The second-order valence-electron chi connectivity index (χ2n) is 4.11. The summed E-state index contributed by atoms with van der Waals surface area (Å²) in [6.07, 6.45) is 0. The van der Waals surface area contributed by atoms with E-state index >= 15 is 0 Å². The molecule has 2 aromatic rings. The zero-order valence-electron chi connectivity index (χ0n) is 10.1. The summed E-state index contributed by atoms with van der Waals surface area (Å²) in [5, 5.41) is 14.1. The van der Waals surface area contributed by atoms with Crippen molar-refractivity contribution in [3.05, 3.63) is 57.3 Å². The van der Waals surface area contributed by atoms with Gasteiger partial charge in [0.25, 0.3) is 0 Å². The molecule has 0 aliphatic rings. The first-order valence-corrected chi connectivity index (χ1v) is 6.61. The maximum Gasteiger partial charge on any atom is 0.346 e. The number of hydrogen-bond donors (Lipinski definition) is 2. The number of aromatic carboxylic acids is 1. The van der Waals surface area contributed by atoms with Crippen molar-refractivity contribution in [2.24, 2.45) is 0 Å². The van der Waals surface area contributed by atoms with Crippen LogP contribution in [0.1, 0.15) is 26.4 Å². The van der Waals surface area contributed by atoms with Gasteiger partial charge < -0.3 is 10.4 Å². The lowest BCUT2D eigenvalue weighted by Crippen LogP contribution is -2.14. The summed E-state index contributed by atoms with van der Waals surface area (Å²) in [6.45, 7) is 3.41. The van der Waals surface area contributed by atoms with Gasteiger partial charge in [-0.1, -0.05) is 24.3 Å². The van der Waals surface area contributed by atoms with Gasteiger partial charge in [0.05, 0.1) is 0 Å². The Bertz CT molecular complexity index is 548. The zero-order chi connectivity index (χ0) is 13.0. The summed E-state index contributed by atoms with van der Waals surface area (Å²) >= 11 is 1.27. The molecule has 0 aliphatic carbocycles. The van der Waals surface area contributed by atoms with Gasteiger partial charge in [-0.05, 0) is 35.1 Å². The molecule has 1 heterocycles. The van der Waals surface area contributed by atoms with E-state index in [1.54, 1.807) is 0 Å². The van der Waals surface area contributed by atoms with Crippen molar-refractivity contribution in [1.82, 2.24) is 5.32 Å². The highest BCUT2D eigenvalue weighted by atomic mass is 32.1. The van der Waals surface area contributed by atoms with Crippen LogP contribution in [0.15, 0.2) is 35.7 Å². The first-order chi connectivity index (χ1) is 8.68. The van der Waals surface area contributed by atoms with Gasteiger partial charge in [-0.25, -0.2) is 4.79 Å². The van der Waals surface area contributed by atoms with Crippen molar-refractivity contribution >= 4 is 17.3 Å². The van der Waals surface area contributed by atoms with E-state index in [9.17, 15) is 4.79 Å². The molecule has 1 aromatic heterocycles. The normalized spacial score (nSPS) is 10.5. The molecule has 3 nitrogen and oxygen atoms in total. The van der Waals surface area contributed by atoms with E-state index in [1.165, 1.54) is 22.5 Å². The van der Waals surface area contributed by atoms with Crippen LogP contribution in [0.5, 0.6) is 0 Å². The average molecular weight is 261 g/mol. The summed E-state index contributed by atoms with van der Waals surface area (Å²) in [4.78, 5) is 11.4. The molecule has 0 saturated carbocycles. The van der Waals surface area contributed by atoms with Crippen LogP contribution in [0.4, 0.5) is 0 Å². The lowest BCUT2D eigenvalue weighted by molar-refractivity contribution is 0.0701. The fourth-order valence-corrected chi connectivity index (χ4v) is 2.56. The molecule has 0 unspecified atom stereocenters. The summed E-state index contributed by atoms with van der Waals surface area (Å²) in [5.74, 6) is -0.849. The molecule has 2 N–H and O–H groups in total. The molecule has 94 valence electrons. The lowest BCUT2D eigenvalue weighted by Gasteiger charge is -2.07. The first kappa shape index (κ1) is 12.8. The van der Waals surface area contributed by atoms with Crippen molar-refractivity contribution in [2.75, 3.05) is 0 Å². The van der Waals surface area contributed by atoms with Crippen molar-refractivity contribution in [2.45, 2.75) is 20.0 Å². The van der Waals surface area contributed by atoms with Gasteiger partial charge in [0.1, 0.15) is 4.88 Å². The zero-order valence-corrected chi connectivity index (χ0v) is 11.0. The Hall–Kier alpha value is -1.65. The molecular weight excluding hydrogens is 246 g/mol. The number of rotatable bonds is 5. The van der Waals surface area contributed by atoms with E-state index in [0.29, 0.717) is 11.4 Å². The third kappa shape index (κ3) is 2.97. The van der Waals surface area contributed by atoms with Crippen LogP contribution in [-0.2, 0) is 13.1 Å². The Morgan fingerprint density at radius 3 is 2.67 bits per heavy atom. The molecule has 0 aliphatic heterocycles. The summed E-state index contributed by atoms with van der Waals surface area (Å²) in [5.41, 5.74) is 3.33. The highest BCUT2D eigenvalue weighted by molar-refractivity contribution is 7.12. The number of hydrogen-bond acceptors (Lipinski definition) is 3. The highest BCUT2D eigenvalue weighted by Crippen LogP contribution is 2.16. The first-order valence-electron chi connectivity index (χ1n) is 5.73. The molecule has 0 atom stereocenters. The number of carboxylic acid groups (broad SMARTS) is 1. The minimum Gasteiger partial charge on any atom is -0.477 e. The van der Waals surface area contributed by atoms with E-state index in [2.05, 4.69) is 24.4 Å². The molecule has 0 saturated heterocycles. The third-order valence-electron chi connectivity index (χ3n) is 2.83. The molecule has 4 heteroatoms. The van der Waals surface area contributed by atoms with Crippen molar-refractivity contribution in [3.63, 3.8) is 0 Å². The van der Waals surface area contributed by atoms with Crippen LogP contribution >= 0.6 is 11.3 Å². The minimum absolute atomic E-state index is 0.423. The van der Waals surface area contributed by atoms with E-state index in [4.69, 9.17) is 5.11 Å². The minimum atomic E-state index is -0.849. The summed E-state index contributed by atoms with van der Waals surface area (Å²) < 4.78 is 0. The fourth-order valence-electron chi connectivity index (χ4n) is 1.80. The molecule has 18 heavy (non-hydrogen) atoms. The van der Waals surface area contributed by atoms with E-state index < -0.39 is 5.97 Å². The third-order valence-corrected chi connectivity index (χ3v) is 3.78.